The second kappa shape index (κ2) is 7.48. The van der Waals surface area contributed by atoms with E-state index in [9.17, 15) is 27.8 Å². The predicted octanol–water partition coefficient (Wildman–Crippen LogP) is 3.51. The number of hydrogen-bond donors (Lipinski definition) is 3. The second-order valence-corrected chi connectivity index (χ2v) is 10.0. The first kappa shape index (κ1) is 20.5. The van der Waals surface area contributed by atoms with Crippen molar-refractivity contribution < 1.29 is 27.8 Å². The SMILES string of the molecule is CC1=C(C(=O)O)C(c2c(O)cccc2F)C2=C(CSc3ccccc3CS2(=O)=O)N1. The van der Waals surface area contributed by atoms with Crippen LogP contribution in [0.2, 0.25) is 0 Å². The molecule has 1 unspecified atom stereocenters. The number of benzene rings is 2. The maximum absolute atomic E-state index is 14.8. The number of carboxylic acids is 1. The number of halogens is 1. The molecular formula is C21H18FNO5S2. The third kappa shape index (κ3) is 3.37. The summed E-state index contributed by atoms with van der Waals surface area (Å²) in [4.78, 5) is 12.7. The van der Waals surface area contributed by atoms with Gasteiger partial charge in [-0.1, -0.05) is 24.3 Å². The molecule has 9 heteroatoms. The lowest BCUT2D eigenvalue weighted by Crippen LogP contribution is -2.34. The molecule has 6 nitrogen and oxygen atoms in total. The third-order valence-corrected chi connectivity index (χ3v) is 8.15. The number of dihydropyridines is 1. The average molecular weight is 448 g/mol. The van der Waals surface area contributed by atoms with E-state index in [-0.39, 0.29) is 33.2 Å². The molecule has 2 aliphatic heterocycles. The Hall–Kier alpha value is -2.78. The van der Waals surface area contributed by atoms with Crippen LogP contribution in [0.5, 0.6) is 5.75 Å². The number of aliphatic carboxylic acids is 1. The van der Waals surface area contributed by atoms with Crippen molar-refractivity contribution in [2.45, 2.75) is 23.5 Å². The van der Waals surface area contributed by atoms with Crippen molar-refractivity contribution >= 4 is 27.6 Å². The average Bonchev–Trinajstić information content (AvgIpc) is 2.65. The molecule has 0 saturated carbocycles. The van der Waals surface area contributed by atoms with Gasteiger partial charge < -0.3 is 15.5 Å². The highest BCUT2D eigenvalue weighted by Gasteiger charge is 2.43. The number of allylic oxidation sites excluding steroid dienone is 2. The molecule has 156 valence electrons. The summed E-state index contributed by atoms with van der Waals surface area (Å²) < 4.78 is 41.8. The summed E-state index contributed by atoms with van der Waals surface area (Å²) in [7, 11) is -4.05. The van der Waals surface area contributed by atoms with Crippen LogP contribution < -0.4 is 5.32 Å². The second-order valence-electron chi connectivity index (χ2n) is 7.07. The van der Waals surface area contributed by atoms with Gasteiger partial charge in [-0.2, -0.15) is 0 Å². The molecule has 0 bridgehead atoms. The van der Waals surface area contributed by atoms with Crippen LogP contribution in [0.15, 0.2) is 69.2 Å². The number of phenols is 1. The van der Waals surface area contributed by atoms with Crippen molar-refractivity contribution in [1.29, 1.82) is 0 Å². The fourth-order valence-electron chi connectivity index (χ4n) is 3.92. The normalized spacial score (nSPS) is 20.5. The molecule has 0 aliphatic carbocycles. The first-order valence-electron chi connectivity index (χ1n) is 9.05. The van der Waals surface area contributed by atoms with Crippen LogP contribution in [-0.2, 0) is 20.4 Å². The van der Waals surface area contributed by atoms with Crippen LogP contribution in [0, 0.1) is 5.82 Å². The van der Waals surface area contributed by atoms with Crippen LogP contribution in [0.3, 0.4) is 0 Å². The van der Waals surface area contributed by atoms with Crippen molar-refractivity contribution in [3.63, 3.8) is 0 Å². The highest BCUT2D eigenvalue weighted by atomic mass is 32.2. The molecule has 2 aliphatic rings. The van der Waals surface area contributed by atoms with Crippen molar-refractivity contribution in [3.05, 3.63) is 81.3 Å². The number of aromatic hydroxyl groups is 1. The van der Waals surface area contributed by atoms with E-state index in [0.717, 1.165) is 11.0 Å². The fourth-order valence-corrected chi connectivity index (χ4v) is 7.04. The van der Waals surface area contributed by atoms with Gasteiger partial charge in [0.1, 0.15) is 11.6 Å². The predicted molar refractivity (Wildman–Crippen MR) is 111 cm³/mol. The molecular weight excluding hydrogens is 429 g/mol. The summed E-state index contributed by atoms with van der Waals surface area (Å²) in [6.45, 7) is 1.50. The van der Waals surface area contributed by atoms with Crippen LogP contribution in [0.1, 0.15) is 24.0 Å². The molecule has 30 heavy (non-hydrogen) atoms. The molecule has 2 aromatic rings. The molecule has 0 aromatic heterocycles. The van der Waals surface area contributed by atoms with E-state index in [1.165, 1.54) is 30.8 Å². The highest BCUT2D eigenvalue weighted by Crippen LogP contribution is 2.47. The highest BCUT2D eigenvalue weighted by molar-refractivity contribution is 8.00. The zero-order valence-electron chi connectivity index (χ0n) is 15.8. The van der Waals surface area contributed by atoms with Gasteiger partial charge in [-0.05, 0) is 30.7 Å². The standard InChI is InChI=1S/C21H18FNO5S2/c1-11-17(21(25)26)19(18-13(22)6-4-7-15(18)24)20-14(23-11)9-29-16-8-3-2-5-12(16)10-30(20,27)28/h2-8,19,23-24H,9-10H2,1H3,(H,25,26). The third-order valence-electron chi connectivity index (χ3n) is 5.16. The first-order valence-corrected chi connectivity index (χ1v) is 11.7. The molecule has 0 spiro atoms. The summed E-state index contributed by atoms with van der Waals surface area (Å²) >= 11 is 1.42. The van der Waals surface area contributed by atoms with E-state index in [2.05, 4.69) is 5.32 Å². The number of hydrogen-bond acceptors (Lipinski definition) is 6. The van der Waals surface area contributed by atoms with Gasteiger partial charge in [0.15, 0.2) is 9.84 Å². The Morgan fingerprint density at radius 3 is 2.63 bits per heavy atom. The van der Waals surface area contributed by atoms with Gasteiger partial charge in [0.05, 0.1) is 22.1 Å². The zero-order chi connectivity index (χ0) is 21.6. The number of phenolic OH excluding ortho intramolecular Hbond substituents is 1. The minimum atomic E-state index is -4.05. The van der Waals surface area contributed by atoms with E-state index < -0.39 is 33.3 Å². The van der Waals surface area contributed by atoms with Crippen LogP contribution in [0.4, 0.5) is 4.39 Å². The number of carboxylic acid groups (broad SMARTS) is 1. The first-order chi connectivity index (χ1) is 14.2. The molecule has 0 saturated heterocycles. The Kier molecular flexibility index (Phi) is 5.11. The van der Waals surface area contributed by atoms with E-state index >= 15 is 0 Å². The number of fused-ring (bicyclic) bond motifs is 1. The summed E-state index contributed by atoms with van der Waals surface area (Å²) in [6, 6.07) is 10.7. The van der Waals surface area contributed by atoms with Crippen molar-refractivity contribution in [1.82, 2.24) is 5.32 Å². The largest absolute Gasteiger partial charge is 0.508 e. The van der Waals surface area contributed by atoms with Crippen LogP contribution >= 0.6 is 11.8 Å². The van der Waals surface area contributed by atoms with E-state index in [1.54, 1.807) is 12.1 Å². The summed E-state index contributed by atoms with van der Waals surface area (Å²) in [5.41, 5.74) is 0.430. The van der Waals surface area contributed by atoms with E-state index in [4.69, 9.17) is 0 Å². The minimum absolute atomic E-state index is 0.207. The zero-order valence-corrected chi connectivity index (χ0v) is 17.5. The Morgan fingerprint density at radius 2 is 1.93 bits per heavy atom. The lowest BCUT2D eigenvalue weighted by Gasteiger charge is -2.33. The Labute approximate surface area is 177 Å². The molecule has 0 radical (unpaired) electrons. The minimum Gasteiger partial charge on any atom is -0.508 e. The number of rotatable bonds is 2. The van der Waals surface area contributed by atoms with Gasteiger partial charge in [0.2, 0.25) is 0 Å². The summed E-state index contributed by atoms with van der Waals surface area (Å²) in [6.07, 6.45) is 0. The Morgan fingerprint density at radius 1 is 1.20 bits per heavy atom. The van der Waals surface area contributed by atoms with Crippen LogP contribution in [0.25, 0.3) is 0 Å². The molecule has 0 fully saturated rings. The molecule has 2 heterocycles. The number of nitrogens with one attached hydrogen (secondary N) is 1. The molecule has 4 rings (SSSR count). The Balaban J connectivity index is 2.00. The molecule has 2 aromatic carbocycles. The number of thioether (sulfide) groups is 1. The molecule has 3 N–H and O–H groups in total. The maximum Gasteiger partial charge on any atom is 0.334 e. The quantitative estimate of drug-likeness (QED) is 0.647. The van der Waals surface area contributed by atoms with E-state index in [1.807, 2.05) is 12.1 Å². The van der Waals surface area contributed by atoms with Gasteiger partial charge in [0.25, 0.3) is 0 Å². The smallest absolute Gasteiger partial charge is 0.334 e. The van der Waals surface area contributed by atoms with E-state index in [0.29, 0.717) is 11.3 Å². The lowest BCUT2D eigenvalue weighted by molar-refractivity contribution is -0.133. The molecule has 0 amide bonds. The van der Waals surface area contributed by atoms with Crippen molar-refractivity contribution in [2.75, 3.05) is 5.75 Å². The van der Waals surface area contributed by atoms with Gasteiger partial charge in [0, 0.05) is 27.6 Å². The van der Waals surface area contributed by atoms with Crippen molar-refractivity contribution in [3.8, 4) is 5.75 Å². The van der Waals surface area contributed by atoms with Gasteiger partial charge in [-0.15, -0.1) is 11.8 Å². The maximum atomic E-state index is 14.8. The topological polar surface area (TPSA) is 104 Å². The van der Waals surface area contributed by atoms with Gasteiger partial charge >= 0.3 is 5.97 Å². The number of carbonyl (C=O) groups is 1. The van der Waals surface area contributed by atoms with Crippen molar-refractivity contribution in [2.24, 2.45) is 0 Å². The molecule has 1 atom stereocenters. The van der Waals surface area contributed by atoms with Gasteiger partial charge in [-0.3, -0.25) is 0 Å². The fraction of sp³-hybridized carbons (Fsp3) is 0.190. The Bertz CT molecular complexity index is 1210. The monoisotopic (exact) mass is 447 g/mol. The number of sulfone groups is 1. The van der Waals surface area contributed by atoms with Crippen LogP contribution in [-0.4, -0.2) is 30.4 Å². The van der Waals surface area contributed by atoms with Gasteiger partial charge in [-0.25, -0.2) is 17.6 Å². The lowest BCUT2D eigenvalue weighted by atomic mass is 9.85. The summed E-state index contributed by atoms with van der Waals surface area (Å²) in [5.74, 6) is -4.34. The summed E-state index contributed by atoms with van der Waals surface area (Å²) in [5, 5.41) is 23.1.